The first-order chi connectivity index (χ1) is 9.75. The average Bonchev–Trinajstić information content (AvgIpc) is 2.48. The Balaban J connectivity index is 2.08. The molecule has 20 heavy (non-hydrogen) atoms. The lowest BCUT2D eigenvalue weighted by Crippen LogP contribution is -2.00. The number of fused-ring (bicyclic) bond motifs is 1. The fourth-order valence-corrected chi connectivity index (χ4v) is 2.53. The Morgan fingerprint density at radius 2 is 1.70 bits per heavy atom. The normalized spacial score (nSPS) is 10.7. The molecular formula is C18H15NO. The van der Waals surface area contributed by atoms with Crippen LogP contribution in [-0.4, -0.2) is 10.8 Å². The Hall–Kier alpha value is -2.48. The van der Waals surface area contributed by atoms with Crippen molar-refractivity contribution in [2.45, 2.75) is 13.3 Å². The number of carbonyl (C=O) groups excluding carboxylic acids is 1. The maximum absolute atomic E-state index is 11.7. The molecule has 0 aliphatic carbocycles. The van der Waals surface area contributed by atoms with E-state index in [1.54, 1.807) is 6.92 Å². The van der Waals surface area contributed by atoms with Gasteiger partial charge < -0.3 is 0 Å². The predicted molar refractivity (Wildman–Crippen MR) is 81.0 cm³/mol. The van der Waals surface area contributed by atoms with Crippen LogP contribution in [-0.2, 0) is 6.42 Å². The number of ketones is 1. The molecule has 2 aromatic carbocycles. The minimum atomic E-state index is 0.110. The van der Waals surface area contributed by atoms with Crippen LogP contribution in [0.5, 0.6) is 0 Å². The number of Topliss-reactive ketones (excluding diaryl/α,β-unsaturated/α-hetero) is 1. The Bertz CT molecular complexity index is 772. The summed E-state index contributed by atoms with van der Waals surface area (Å²) in [6.45, 7) is 1.61. The first kappa shape index (κ1) is 12.5. The number of hydrogen-bond acceptors (Lipinski definition) is 2. The average molecular weight is 261 g/mol. The van der Waals surface area contributed by atoms with Crippen LogP contribution < -0.4 is 0 Å². The van der Waals surface area contributed by atoms with Crippen molar-refractivity contribution in [3.63, 3.8) is 0 Å². The third-order valence-corrected chi connectivity index (χ3v) is 3.52. The Labute approximate surface area is 118 Å². The molecule has 0 aliphatic heterocycles. The number of hydrogen-bond donors (Lipinski definition) is 0. The van der Waals surface area contributed by atoms with Crippen molar-refractivity contribution in [2.24, 2.45) is 0 Å². The van der Waals surface area contributed by atoms with E-state index >= 15 is 0 Å². The molecule has 0 amide bonds. The van der Waals surface area contributed by atoms with Gasteiger partial charge in [0.2, 0.25) is 0 Å². The van der Waals surface area contributed by atoms with E-state index in [-0.39, 0.29) is 5.78 Å². The Morgan fingerprint density at radius 1 is 0.950 bits per heavy atom. The highest BCUT2D eigenvalue weighted by molar-refractivity contribution is 5.95. The van der Waals surface area contributed by atoms with E-state index in [9.17, 15) is 4.79 Å². The van der Waals surface area contributed by atoms with E-state index in [2.05, 4.69) is 11.1 Å². The molecule has 0 bridgehead atoms. The minimum Gasteiger partial charge on any atom is -0.295 e. The summed E-state index contributed by atoms with van der Waals surface area (Å²) in [7, 11) is 0. The zero-order valence-corrected chi connectivity index (χ0v) is 11.3. The maximum Gasteiger partial charge on any atom is 0.160 e. The van der Waals surface area contributed by atoms with Crippen LogP contribution in [0.3, 0.4) is 0 Å². The van der Waals surface area contributed by atoms with Crippen LogP contribution in [0.2, 0.25) is 0 Å². The van der Waals surface area contributed by atoms with E-state index < -0.39 is 0 Å². The summed E-state index contributed by atoms with van der Waals surface area (Å²) in [5, 5.41) is 1.15. The Kier molecular flexibility index (Phi) is 3.30. The molecule has 0 spiro atoms. The van der Waals surface area contributed by atoms with E-state index in [4.69, 9.17) is 0 Å². The lowest BCUT2D eigenvalue weighted by molar-refractivity contribution is 0.101. The molecular weight excluding hydrogens is 246 g/mol. The molecule has 3 rings (SSSR count). The number of carbonyl (C=O) groups is 1. The second kappa shape index (κ2) is 5.25. The van der Waals surface area contributed by atoms with Crippen molar-refractivity contribution in [3.8, 4) is 0 Å². The van der Waals surface area contributed by atoms with E-state index in [1.165, 1.54) is 5.56 Å². The van der Waals surface area contributed by atoms with Crippen LogP contribution in [0.15, 0.2) is 60.8 Å². The summed E-state index contributed by atoms with van der Waals surface area (Å²) in [6, 6.07) is 17.9. The molecule has 2 heteroatoms. The molecule has 2 nitrogen and oxygen atoms in total. The summed E-state index contributed by atoms with van der Waals surface area (Å²) < 4.78 is 0. The fraction of sp³-hybridized carbons (Fsp3) is 0.111. The predicted octanol–water partition coefficient (Wildman–Crippen LogP) is 4.03. The Morgan fingerprint density at radius 3 is 2.55 bits per heavy atom. The van der Waals surface area contributed by atoms with Crippen LogP contribution in [0.4, 0.5) is 0 Å². The molecule has 0 aliphatic rings. The van der Waals surface area contributed by atoms with Crippen molar-refractivity contribution in [1.29, 1.82) is 0 Å². The van der Waals surface area contributed by atoms with Crippen molar-refractivity contribution in [3.05, 3.63) is 77.5 Å². The molecule has 1 aromatic heterocycles. The van der Waals surface area contributed by atoms with Crippen LogP contribution >= 0.6 is 0 Å². The number of pyridine rings is 1. The molecule has 0 unspecified atom stereocenters. The molecule has 0 fully saturated rings. The first-order valence-corrected chi connectivity index (χ1v) is 6.67. The van der Waals surface area contributed by atoms with Gasteiger partial charge in [-0.15, -0.1) is 0 Å². The molecule has 98 valence electrons. The third kappa shape index (κ3) is 2.32. The number of nitrogens with zero attached hydrogens (tertiary/aromatic N) is 1. The molecule has 0 N–H and O–H groups in total. The zero-order valence-electron chi connectivity index (χ0n) is 11.3. The summed E-state index contributed by atoms with van der Waals surface area (Å²) in [5.74, 6) is 0.110. The second-order valence-electron chi connectivity index (χ2n) is 4.88. The van der Waals surface area contributed by atoms with E-state index in [0.29, 0.717) is 0 Å². The van der Waals surface area contributed by atoms with Gasteiger partial charge in [-0.3, -0.25) is 9.78 Å². The van der Waals surface area contributed by atoms with Crippen LogP contribution in [0.25, 0.3) is 10.9 Å². The van der Waals surface area contributed by atoms with Crippen LogP contribution in [0.1, 0.15) is 28.4 Å². The molecule has 3 aromatic rings. The number of rotatable bonds is 3. The van der Waals surface area contributed by atoms with Gasteiger partial charge in [0.25, 0.3) is 0 Å². The van der Waals surface area contributed by atoms with Crippen molar-refractivity contribution >= 4 is 16.7 Å². The van der Waals surface area contributed by atoms with Gasteiger partial charge in [-0.1, -0.05) is 42.5 Å². The number of benzene rings is 2. The smallest absolute Gasteiger partial charge is 0.160 e. The van der Waals surface area contributed by atoms with Gasteiger partial charge >= 0.3 is 0 Å². The summed E-state index contributed by atoms with van der Waals surface area (Å²) in [6.07, 6.45) is 2.58. The van der Waals surface area contributed by atoms with Gasteiger partial charge in [0.05, 0.1) is 5.52 Å². The van der Waals surface area contributed by atoms with Crippen LogP contribution in [0, 0.1) is 0 Å². The third-order valence-electron chi connectivity index (χ3n) is 3.52. The summed E-state index contributed by atoms with van der Waals surface area (Å²) in [4.78, 5) is 16.1. The largest absolute Gasteiger partial charge is 0.295 e. The monoisotopic (exact) mass is 261 g/mol. The van der Waals surface area contributed by atoms with Gasteiger partial charge in [0, 0.05) is 17.1 Å². The molecule has 1 heterocycles. The van der Waals surface area contributed by atoms with Gasteiger partial charge in [0.1, 0.15) is 0 Å². The van der Waals surface area contributed by atoms with Gasteiger partial charge in [-0.2, -0.15) is 0 Å². The number of para-hydroxylation sites is 1. The minimum absolute atomic E-state index is 0.110. The quantitative estimate of drug-likeness (QED) is 0.666. The first-order valence-electron chi connectivity index (χ1n) is 6.67. The summed E-state index contributed by atoms with van der Waals surface area (Å²) >= 11 is 0. The molecule has 0 saturated heterocycles. The van der Waals surface area contributed by atoms with Gasteiger partial charge in [0.15, 0.2) is 5.78 Å². The van der Waals surface area contributed by atoms with Gasteiger partial charge in [-0.05, 0) is 36.6 Å². The standard InChI is InChI=1S/C18H15NO/c1-13(20)16-7-3-2-6-14(16)12-15-10-11-19-18-9-5-4-8-17(15)18/h2-11H,12H2,1H3. The number of aromatic nitrogens is 1. The lowest BCUT2D eigenvalue weighted by Gasteiger charge is -2.09. The second-order valence-corrected chi connectivity index (χ2v) is 4.88. The van der Waals surface area contributed by atoms with Crippen molar-refractivity contribution < 1.29 is 4.79 Å². The van der Waals surface area contributed by atoms with Gasteiger partial charge in [-0.25, -0.2) is 0 Å². The lowest BCUT2D eigenvalue weighted by atomic mass is 9.96. The fourth-order valence-electron chi connectivity index (χ4n) is 2.53. The van der Waals surface area contributed by atoms with E-state index in [1.807, 2.05) is 54.7 Å². The highest BCUT2D eigenvalue weighted by atomic mass is 16.1. The topological polar surface area (TPSA) is 30.0 Å². The molecule has 0 saturated carbocycles. The molecule has 0 radical (unpaired) electrons. The summed E-state index contributed by atoms with van der Waals surface area (Å²) in [5.41, 5.74) is 4.05. The SMILES string of the molecule is CC(=O)c1ccccc1Cc1ccnc2ccccc12. The highest BCUT2D eigenvalue weighted by Gasteiger charge is 2.08. The zero-order chi connectivity index (χ0) is 13.9. The maximum atomic E-state index is 11.7. The highest BCUT2D eigenvalue weighted by Crippen LogP contribution is 2.21. The van der Waals surface area contributed by atoms with Crippen molar-refractivity contribution in [2.75, 3.05) is 0 Å². The van der Waals surface area contributed by atoms with Crippen molar-refractivity contribution in [1.82, 2.24) is 4.98 Å². The molecule has 0 atom stereocenters. The van der Waals surface area contributed by atoms with E-state index in [0.717, 1.165) is 28.5 Å².